The van der Waals surface area contributed by atoms with Crippen molar-refractivity contribution in [2.24, 2.45) is 11.8 Å². The van der Waals surface area contributed by atoms with Gasteiger partial charge in [0.25, 0.3) is 0 Å². The average molecular weight is 289 g/mol. The van der Waals surface area contributed by atoms with Crippen molar-refractivity contribution in [3.63, 3.8) is 0 Å². The lowest BCUT2D eigenvalue weighted by atomic mass is 10.0. The molecule has 2 rings (SSSR count). The van der Waals surface area contributed by atoms with Gasteiger partial charge in [-0.15, -0.1) is 0 Å². The van der Waals surface area contributed by atoms with Crippen LogP contribution in [-0.2, 0) is 6.54 Å². The molecule has 21 heavy (non-hydrogen) atoms. The van der Waals surface area contributed by atoms with Gasteiger partial charge in [0.05, 0.1) is 0 Å². The van der Waals surface area contributed by atoms with E-state index < -0.39 is 0 Å². The molecule has 3 nitrogen and oxygen atoms in total. The Morgan fingerprint density at radius 3 is 2.90 bits per heavy atom. The second kappa shape index (κ2) is 7.79. The van der Waals surface area contributed by atoms with Crippen LogP contribution < -0.4 is 10.2 Å². The zero-order chi connectivity index (χ0) is 15.2. The molecule has 0 radical (unpaired) electrons. The lowest BCUT2D eigenvalue weighted by Crippen LogP contribution is -2.22. The summed E-state index contributed by atoms with van der Waals surface area (Å²) in [6.45, 7) is 13.2. The van der Waals surface area contributed by atoms with Gasteiger partial charge in [0.1, 0.15) is 5.82 Å². The van der Waals surface area contributed by atoms with Crippen LogP contribution in [0.4, 0.5) is 5.82 Å². The van der Waals surface area contributed by atoms with Gasteiger partial charge in [-0.25, -0.2) is 4.98 Å². The van der Waals surface area contributed by atoms with Crippen LogP contribution in [0, 0.1) is 18.8 Å². The first-order chi connectivity index (χ1) is 10.1. The fourth-order valence-electron chi connectivity index (χ4n) is 3.17. The monoisotopic (exact) mass is 289 g/mol. The standard InChI is InChI=1S/C18H31N3/c1-5-6-16-7-8-21(13-16)18-10-17(9-15(4)20-18)12-19-11-14(2)3/h9-10,14,16,19H,5-8,11-13H2,1-4H3. The summed E-state index contributed by atoms with van der Waals surface area (Å²) in [4.78, 5) is 7.22. The van der Waals surface area contributed by atoms with Crippen molar-refractivity contribution < 1.29 is 0 Å². The highest BCUT2D eigenvalue weighted by molar-refractivity contribution is 5.43. The lowest BCUT2D eigenvalue weighted by molar-refractivity contribution is 0.529. The number of nitrogens with zero attached hydrogens (tertiary/aromatic N) is 2. The molecule has 1 fully saturated rings. The molecule has 0 aromatic carbocycles. The van der Waals surface area contributed by atoms with Crippen LogP contribution in [0.3, 0.4) is 0 Å². The topological polar surface area (TPSA) is 28.2 Å². The minimum Gasteiger partial charge on any atom is -0.356 e. The van der Waals surface area contributed by atoms with E-state index in [-0.39, 0.29) is 0 Å². The summed E-state index contributed by atoms with van der Waals surface area (Å²) < 4.78 is 0. The molecule has 1 atom stereocenters. The molecule has 0 aliphatic carbocycles. The Hall–Kier alpha value is -1.09. The van der Waals surface area contributed by atoms with E-state index in [0.717, 1.165) is 24.7 Å². The minimum atomic E-state index is 0.695. The van der Waals surface area contributed by atoms with Crippen molar-refractivity contribution in [2.45, 2.75) is 53.5 Å². The zero-order valence-electron chi connectivity index (χ0n) is 14.2. The molecule has 1 aromatic rings. The van der Waals surface area contributed by atoms with E-state index in [1.54, 1.807) is 0 Å². The maximum Gasteiger partial charge on any atom is 0.129 e. The number of anilines is 1. The molecule has 0 amide bonds. The van der Waals surface area contributed by atoms with Crippen LogP contribution in [-0.4, -0.2) is 24.6 Å². The molecule has 0 saturated carbocycles. The molecule has 0 bridgehead atoms. The third-order valence-electron chi connectivity index (χ3n) is 4.19. The minimum absolute atomic E-state index is 0.695. The molecule has 1 aliphatic rings. The normalized spacial score (nSPS) is 18.7. The predicted octanol–water partition coefficient (Wildman–Crippen LogP) is 3.76. The van der Waals surface area contributed by atoms with Gasteiger partial charge in [0.2, 0.25) is 0 Å². The number of nitrogens with one attached hydrogen (secondary N) is 1. The first kappa shape index (κ1) is 16.3. The van der Waals surface area contributed by atoms with Gasteiger partial charge in [-0.3, -0.25) is 0 Å². The van der Waals surface area contributed by atoms with E-state index in [2.05, 4.69) is 50.0 Å². The van der Waals surface area contributed by atoms with Crippen molar-refractivity contribution in [3.8, 4) is 0 Å². The predicted molar refractivity (Wildman–Crippen MR) is 90.7 cm³/mol. The molecule has 1 saturated heterocycles. The summed E-state index contributed by atoms with van der Waals surface area (Å²) in [6, 6.07) is 4.48. The molecule has 118 valence electrons. The summed E-state index contributed by atoms with van der Waals surface area (Å²) in [5.74, 6) is 2.73. The van der Waals surface area contributed by atoms with Gasteiger partial charge in [0, 0.05) is 25.3 Å². The number of pyridine rings is 1. The van der Waals surface area contributed by atoms with Crippen molar-refractivity contribution >= 4 is 5.82 Å². The van der Waals surface area contributed by atoms with E-state index in [1.807, 2.05) is 0 Å². The summed E-state index contributed by atoms with van der Waals surface area (Å²) in [5.41, 5.74) is 2.49. The van der Waals surface area contributed by atoms with Gasteiger partial charge in [-0.1, -0.05) is 27.2 Å². The second-order valence-corrected chi connectivity index (χ2v) is 6.89. The average Bonchev–Trinajstić information content (AvgIpc) is 2.87. The van der Waals surface area contributed by atoms with E-state index in [4.69, 9.17) is 4.98 Å². The van der Waals surface area contributed by atoms with Gasteiger partial charge < -0.3 is 10.2 Å². The fourth-order valence-corrected chi connectivity index (χ4v) is 3.17. The Balaban J connectivity index is 1.98. The van der Waals surface area contributed by atoms with Crippen molar-refractivity contribution in [1.29, 1.82) is 0 Å². The first-order valence-corrected chi connectivity index (χ1v) is 8.51. The van der Waals surface area contributed by atoms with E-state index in [9.17, 15) is 0 Å². The van der Waals surface area contributed by atoms with Crippen LogP contribution in [0.2, 0.25) is 0 Å². The zero-order valence-corrected chi connectivity index (χ0v) is 14.2. The van der Waals surface area contributed by atoms with Crippen LogP contribution in [0.25, 0.3) is 0 Å². The van der Waals surface area contributed by atoms with Crippen molar-refractivity contribution in [1.82, 2.24) is 10.3 Å². The Morgan fingerprint density at radius 1 is 1.38 bits per heavy atom. The maximum atomic E-state index is 4.75. The first-order valence-electron chi connectivity index (χ1n) is 8.51. The van der Waals surface area contributed by atoms with E-state index >= 15 is 0 Å². The number of hydrogen-bond donors (Lipinski definition) is 1. The smallest absolute Gasteiger partial charge is 0.129 e. The van der Waals surface area contributed by atoms with Gasteiger partial charge in [-0.05, 0) is 55.8 Å². The number of hydrogen-bond acceptors (Lipinski definition) is 3. The summed E-state index contributed by atoms with van der Waals surface area (Å²) in [6.07, 6.45) is 3.97. The second-order valence-electron chi connectivity index (χ2n) is 6.89. The summed E-state index contributed by atoms with van der Waals surface area (Å²) >= 11 is 0. The number of aryl methyl sites for hydroxylation is 1. The van der Waals surface area contributed by atoms with Crippen LogP contribution in [0.1, 0.15) is 51.3 Å². The number of aromatic nitrogens is 1. The third-order valence-corrected chi connectivity index (χ3v) is 4.19. The Morgan fingerprint density at radius 2 is 2.19 bits per heavy atom. The highest BCUT2D eigenvalue weighted by Crippen LogP contribution is 2.26. The molecule has 2 heterocycles. The van der Waals surface area contributed by atoms with Crippen LogP contribution in [0.5, 0.6) is 0 Å². The largest absolute Gasteiger partial charge is 0.356 e. The molecule has 1 aliphatic heterocycles. The molecule has 0 spiro atoms. The van der Waals surface area contributed by atoms with Crippen LogP contribution >= 0.6 is 0 Å². The van der Waals surface area contributed by atoms with E-state index in [0.29, 0.717) is 5.92 Å². The summed E-state index contributed by atoms with van der Waals surface area (Å²) in [7, 11) is 0. The highest BCUT2D eigenvalue weighted by atomic mass is 15.2. The summed E-state index contributed by atoms with van der Waals surface area (Å²) in [5, 5.41) is 3.53. The molecule has 1 unspecified atom stereocenters. The van der Waals surface area contributed by atoms with Gasteiger partial charge >= 0.3 is 0 Å². The SMILES string of the molecule is CCCC1CCN(c2cc(CNCC(C)C)cc(C)n2)C1. The maximum absolute atomic E-state index is 4.75. The molecular weight excluding hydrogens is 258 g/mol. The molecule has 1 aromatic heterocycles. The van der Waals surface area contributed by atoms with Crippen LogP contribution in [0.15, 0.2) is 12.1 Å². The van der Waals surface area contributed by atoms with Gasteiger partial charge in [-0.2, -0.15) is 0 Å². The van der Waals surface area contributed by atoms with Gasteiger partial charge in [0.15, 0.2) is 0 Å². The third kappa shape index (κ3) is 4.99. The lowest BCUT2D eigenvalue weighted by Gasteiger charge is -2.19. The van der Waals surface area contributed by atoms with Crippen molar-refractivity contribution in [2.75, 3.05) is 24.5 Å². The number of rotatable bonds is 7. The quantitative estimate of drug-likeness (QED) is 0.828. The van der Waals surface area contributed by atoms with E-state index in [1.165, 1.54) is 43.7 Å². The molecule has 3 heteroatoms. The highest BCUT2D eigenvalue weighted by Gasteiger charge is 2.23. The fraction of sp³-hybridized carbons (Fsp3) is 0.722. The Kier molecular flexibility index (Phi) is 6.04. The Labute approximate surface area is 130 Å². The Bertz CT molecular complexity index is 442. The van der Waals surface area contributed by atoms with Crippen molar-refractivity contribution in [3.05, 3.63) is 23.4 Å². The molecule has 1 N–H and O–H groups in total. The molecular formula is C18H31N3.